The van der Waals surface area contributed by atoms with Crippen molar-refractivity contribution in [2.24, 2.45) is 4.99 Å². The van der Waals surface area contributed by atoms with Crippen molar-refractivity contribution in [1.29, 1.82) is 0 Å². The van der Waals surface area contributed by atoms with Crippen LogP contribution in [-0.2, 0) is 10.8 Å². The van der Waals surface area contributed by atoms with E-state index in [0.717, 1.165) is 42.5 Å². The van der Waals surface area contributed by atoms with Gasteiger partial charge in [-0.1, -0.05) is 78.6 Å². The van der Waals surface area contributed by atoms with Crippen LogP contribution in [0.15, 0.2) is 47.5 Å². The second kappa shape index (κ2) is 8.73. The molecule has 0 fully saturated rings. The van der Waals surface area contributed by atoms with Crippen molar-refractivity contribution in [2.45, 2.75) is 78.1 Å². The first-order valence-corrected chi connectivity index (χ1v) is 10.2. The first-order valence-electron chi connectivity index (χ1n) is 10.2. The minimum Gasteiger partial charge on any atom is -0.507 e. The number of aromatic hydroxyl groups is 1. The van der Waals surface area contributed by atoms with Gasteiger partial charge in [-0.25, -0.2) is 0 Å². The SMILES string of the molecule is CCCC(C)(C)c1cc(C=Nc2ccccc2)c(O)c(C(C)(C)CCC)c1. The van der Waals surface area contributed by atoms with Crippen LogP contribution >= 0.6 is 0 Å². The Bertz CT molecular complexity index is 772. The lowest BCUT2D eigenvalue weighted by atomic mass is 9.74. The van der Waals surface area contributed by atoms with Gasteiger partial charge >= 0.3 is 0 Å². The maximum absolute atomic E-state index is 11.1. The van der Waals surface area contributed by atoms with E-state index in [4.69, 9.17) is 0 Å². The molecule has 2 rings (SSSR count). The van der Waals surface area contributed by atoms with Crippen molar-refractivity contribution < 1.29 is 5.11 Å². The monoisotopic (exact) mass is 365 g/mol. The Kier molecular flexibility index (Phi) is 6.86. The van der Waals surface area contributed by atoms with Gasteiger partial charge in [-0.3, -0.25) is 4.99 Å². The highest BCUT2D eigenvalue weighted by atomic mass is 16.3. The van der Waals surface area contributed by atoms with Crippen LogP contribution in [0.5, 0.6) is 5.75 Å². The molecule has 0 spiro atoms. The molecule has 0 bridgehead atoms. The van der Waals surface area contributed by atoms with Gasteiger partial charge in [0.2, 0.25) is 0 Å². The van der Waals surface area contributed by atoms with Gasteiger partial charge in [-0.2, -0.15) is 0 Å². The number of para-hydroxylation sites is 1. The molecule has 27 heavy (non-hydrogen) atoms. The Morgan fingerprint density at radius 2 is 1.48 bits per heavy atom. The number of nitrogens with zero attached hydrogens (tertiary/aromatic N) is 1. The lowest BCUT2D eigenvalue weighted by molar-refractivity contribution is 0.412. The van der Waals surface area contributed by atoms with Gasteiger partial charge in [-0.15, -0.1) is 0 Å². The topological polar surface area (TPSA) is 32.6 Å². The molecule has 0 aromatic heterocycles. The Morgan fingerprint density at radius 3 is 2.07 bits per heavy atom. The van der Waals surface area contributed by atoms with Gasteiger partial charge in [-0.05, 0) is 47.4 Å². The number of phenolic OH excluding ortho intramolecular Hbond substituents is 1. The minimum absolute atomic E-state index is 0.0643. The van der Waals surface area contributed by atoms with E-state index < -0.39 is 0 Å². The highest BCUT2D eigenvalue weighted by Crippen LogP contribution is 2.40. The summed E-state index contributed by atoms with van der Waals surface area (Å²) in [6, 6.07) is 14.2. The number of benzene rings is 2. The maximum Gasteiger partial charge on any atom is 0.128 e. The minimum atomic E-state index is -0.0769. The highest BCUT2D eigenvalue weighted by molar-refractivity contribution is 5.86. The molecule has 0 radical (unpaired) electrons. The molecular weight excluding hydrogens is 330 g/mol. The fourth-order valence-corrected chi connectivity index (χ4v) is 3.85. The second-order valence-corrected chi connectivity index (χ2v) is 8.82. The zero-order valence-electron chi connectivity index (χ0n) is 17.8. The normalized spacial score (nSPS) is 12.7. The third kappa shape index (κ3) is 5.22. The van der Waals surface area contributed by atoms with Crippen LogP contribution in [0.2, 0.25) is 0 Å². The standard InChI is InChI=1S/C25H35NO/c1-7-14-24(3,4)20-16-19(18-26-21-12-10-9-11-13-21)23(27)22(17-20)25(5,6)15-8-2/h9-13,16-18,27H,7-8,14-15H2,1-6H3. The number of rotatable bonds is 8. The first-order chi connectivity index (χ1) is 12.7. The van der Waals surface area contributed by atoms with Gasteiger partial charge in [0.25, 0.3) is 0 Å². The maximum atomic E-state index is 11.1. The quantitative estimate of drug-likeness (QED) is 0.489. The molecule has 2 nitrogen and oxygen atoms in total. The summed E-state index contributed by atoms with van der Waals surface area (Å²) in [6.45, 7) is 13.4. The van der Waals surface area contributed by atoms with Crippen molar-refractivity contribution in [3.05, 3.63) is 59.2 Å². The van der Waals surface area contributed by atoms with E-state index >= 15 is 0 Å². The molecule has 0 heterocycles. The summed E-state index contributed by atoms with van der Waals surface area (Å²) >= 11 is 0. The van der Waals surface area contributed by atoms with Crippen LogP contribution in [-0.4, -0.2) is 11.3 Å². The van der Waals surface area contributed by atoms with Gasteiger partial charge in [0.15, 0.2) is 0 Å². The average molecular weight is 366 g/mol. The van der Waals surface area contributed by atoms with E-state index in [0.29, 0.717) is 5.75 Å². The molecule has 0 saturated carbocycles. The number of aliphatic imine (C=N–C) groups is 1. The van der Waals surface area contributed by atoms with E-state index in [9.17, 15) is 5.11 Å². The zero-order chi connectivity index (χ0) is 20.1. The summed E-state index contributed by atoms with van der Waals surface area (Å²) in [5.41, 5.74) is 3.99. The molecule has 0 amide bonds. The predicted octanol–water partition coefficient (Wildman–Crippen LogP) is 7.30. The van der Waals surface area contributed by atoms with E-state index in [2.05, 4.69) is 58.7 Å². The van der Waals surface area contributed by atoms with Crippen molar-refractivity contribution in [3.8, 4) is 5.75 Å². The average Bonchev–Trinajstić information content (AvgIpc) is 2.61. The largest absolute Gasteiger partial charge is 0.507 e. The molecule has 2 heteroatoms. The Labute approximate surface area is 165 Å². The number of hydrogen-bond acceptors (Lipinski definition) is 2. The van der Waals surface area contributed by atoms with Crippen LogP contribution in [0, 0.1) is 0 Å². The molecule has 1 N–H and O–H groups in total. The molecule has 0 aliphatic heterocycles. The van der Waals surface area contributed by atoms with Crippen LogP contribution in [0.3, 0.4) is 0 Å². The fraction of sp³-hybridized carbons (Fsp3) is 0.480. The molecule has 0 atom stereocenters. The second-order valence-electron chi connectivity index (χ2n) is 8.82. The molecule has 0 aliphatic rings. The van der Waals surface area contributed by atoms with Crippen molar-refractivity contribution in [2.75, 3.05) is 0 Å². The van der Waals surface area contributed by atoms with E-state index in [1.165, 1.54) is 5.56 Å². The van der Waals surface area contributed by atoms with E-state index in [-0.39, 0.29) is 10.8 Å². The van der Waals surface area contributed by atoms with Crippen LogP contribution in [0.4, 0.5) is 5.69 Å². The van der Waals surface area contributed by atoms with Crippen LogP contribution in [0.1, 0.15) is 83.9 Å². The summed E-state index contributed by atoms with van der Waals surface area (Å²) < 4.78 is 0. The molecule has 2 aromatic carbocycles. The zero-order valence-corrected chi connectivity index (χ0v) is 17.8. The van der Waals surface area contributed by atoms with Gasteiger partial charge in [0.05, 0.1) is 5.69 Å². The molecular formula is C25H35NO. The van der Waals surface area contributed by atoms with E-state index in [1.54, 1.807) is 0 Å². The first kappa shape index (κ1) is 21.2. The van der Waals surface area contributed by atoms with Crippen LogP contribution < -0.4 is 0 Å². The van der Waals surface area contributed by atoms with Gasteiger partial charge in [0.1, 0.15) is 5.75 Å². The Hall–Kier alpha value is -2.09. The predicted molar refractivity (Wildman–Crippen MR) is 118 cm³/mol. The summed E-state index contributed by atoms with van der Waals surface area (Å²) in [7, 11) is 0. The van der Waals surface area contributed by atoms with Gasteiger partial charge < -0.3 is 5.11 Å². The Balaban J connectivity index is 2.59. The lowest BCUT2D eigenvalue weighted by Gasteiger charge is -2.31. The van der Waals surface area contributed by atoms with Gasteiger partial charge in [0, 0.05) is 17.3 Å². The van der Waals surface area contributed by atoms with Crippen LogP contribution in [0.25, 0.3) is 0 Å². The molecule has 2 aromatic rings. The molecule has 0 unspecified atom stereocenters. The van der Waals surface area contributed by atoms with Crippen molar-refractivity contribution in [3.63, 3.8) is 0 Å². The molecule has 146 valence electrons. The third-order valence-electron chi connectivity index (χ3n) is 5.51. The summed E-state index contributed by atoms with van der Waals surface area (Å²) in [4.78, 5) is 4.59. The van der Waals surface area contributed by atoms with E-state index in [1.807, 2.05) is 36.5 Å². The Morgan fingerprint density at radius 1 is 0.889 bits per heavy atom. The third-order valence-corrected chi connectivity index (χ3v) is 5.51. The fourth-order valence-electron chi connectivity index (χ4n) is 3.85. The summed E-state index contributed by atoms with van der Waals surface area (Å²) in [5.74, 6) is 0.365. The summed E-state index contributed by atoms with van der Waals surface area (Å²) in [6.07, 6.45) is 6.17. The molecule has 0 saturated heterocycles. The van der Waals surface area contributed by atoms with Crippen molar-refractivity contribution in [1.82, 2.24) is 0 Å². The summed E-state index contributed by atoms with van der Waals surface area (Å²) in [5, 5.41) is 11.1. The molecule has 0 aliphatic carbocycles. The lowest BCUT2D eigenvalue weighted by Crippen LogP contribution is -2.22. The number of hydrogen-bond donors (Lipinski definition) is 1. The smallest absolute Gasteiger partial charge is 0.128 e. The highest BCUT2D eigenvalue weighted by Gasteiger charge is 2.28. The number of phenols is 1. The van der Waals surface area contributed by atoms with Crippen molar-refractivity contribution >= 4 is 11.9 Å².